The number of nitrogens with two attached hydrogens (primary N) is 1. The van der Waals surface area contributed by atoms with Crippen molar-refractivity contribution in [3.05, 3.63) is 22.2 Å². The number of carbonyl (C=O) groups excluding carboxylic acids is 1. The number of rotatable bonds is 1. The first-order valence-corrected chi connectivity index (χ1v) is 2.79. The highest BCUT2D eigenvalue weighted by Crippen LogP contribution is 2.02. The SMILES string of the molecule is Nc1[nH]c(=O)ncc1C=C=O. The summed E-state index contributed by atoms with van der Waals surface area (Å²) in [5, 5.41) is 0. The first kappa shape index (κ1) is 7.24. The van der Waals surface area contributed by atoms with E-state index in [9.17, 15) is 9.59 Å². The van der Waals surface area contributed by atoms with Crippen LogP contribution in [-0.2, 0) is 4.79 Å². The molecule has 0 saturated carbocycles. The highest BCUT2D eigenvalue weighted by Gasteiger charge is 1.95. The second-order valence-electron chi connectivity index (χ2n) is 1.82. The van der Waals surface area contributed by atoms with Crippen LogP contribution in [-0.4, -0.2) is 15.9 Å². The average molecular weight is 151 g/mol. The summed E-state index contributed by atoms with van der Waals surface area (Å²) in [7, 11) is 0. The first-order chi connectivity index (χ1) is 5.24. The summed E-state index contributed by atoms with van der Waals surface area (Å²) in [6.45, 7) is 0. The number of aromatic nitrogens is 2. The van der Waals surface area contributed by atoms with Crippen molar-refractivity contribution in [1.82, 2.24) is 9.97 Å². The standard InChI is InChI=1S/C6H5N3O2/c7-5-4(1-2-10)3-8-6(11)9-5/h1,3H,(H3,7,8,9,11). The summed E-state index contributed by atoms with van der Waals surface area (Å²) in [6, 6.07) is 0. The molecule has 0 saturated heterocycles. The fourth-order valence-electron chi connectivity index (χ4n) is 0.596. The predicted molar refractivity (Wildman–Crippen MR) is 39.4 cm³/mol. The van der Waals surface area contributed by atoms with Crippen molar-refractivity contribution < 1.29 is 4.79 Å². The van der Waals surface area contributed by atoms with Crippen molar-refractivity contribution in [2.75, 3.05) is 5.73 Å². The molecule has 5 heteroatoms. The van der Waals surface area contributed by atoms with Crippen molar-refractivity contribution in [2.24, 2.45) is 0 Å². The van der Waals surface area contributed by atoms with Gasteiger partial charge >= 0.3 is 5.69 Å². The van der Waals surface area contributed by atoms with Gasteiger partial charge < -0.3 is 5.73 Å². The first-order valence-electron chi connectivity index (χ1n) is 2.79. The Morgan fingerprint density at radius 1 is 1.73 bits per heavy atom. The van der Waals surface area contributed by atoms with Gasteiger partial charge in [-0.2, -0.15) is 0 Å². The number of nitrogens with zero attached hydrogens (tertiary/aromatic N) is 1. The zero-order valence-electron chi connectivity index (χ0n) is 5.50. The molecule has 0 unspecified atom stereocenters. The fourth-order valence-corrected chi connectivity index (χ4v) is 0.596. The van der Waals surface area contributed by atoms with Crippen LogP contribution in [0.25, 0.3) is 6.08 Å². The van der Waals surface area contributed by atoms with Crippen LogP contribution in [0.2, 0.25) is 0 Å². The third-order valence-electron chi connectivity index (χ3n) is 1.09. The average Bonchev–Trinajstić information content (AvgIpc) is 1.95. The highest BCUT2D eigenvalue weighted by molar-refractivity contribution is 5.78. The Morgan fingerprint density at radius 3 is 3.00 bits per heavy atom. The molecule has 1 heterocycles. The lowest BCUT2D eigenvalue weighted by atomic mass is 10.3. The van der Waals surface area contributed by atoms with Gasteiger partial charge in [-0.25, -0.2) is 14.6 Å². The molecule has 56 valence electrons. The summed E-state index contributed by atoms with van der Waals surface area (Å²) in [4.78, 5) is 25.9. The number of anilines is 1. The van der Waals surface area contributed by atoms with E-state index in [4.69, 9.17) is 5.73 Å². The third-order valence-corrected chi connectivity index (χ3v) is 1.09. The van der Waals surface area contributed by atoms with E-state index >= 15 is 0 Å². The molecule has 5 nitrogen and oxygen atoms in total. The van der Waals surface area contributed by atoms with E-state index in [0.717, 1.165) is 6.08 Å². The summed E-state index contributed by atoms with van der Waals surface area (Å²) >= 11 is 0. The molecule has 0 amide bonds. The Hall–Kier alpha value is -1.87. The van der Waals surface area contributed by atoms with E-state index in [2.05, 4.69) is 9.97 Å². The van der Waals surface area contributed by atoms with Gasteiger partial charge in [-0.3, -0.25) is 4.98 Å². The molecular formula is C6H5N3O2. The van der Waals surface area contributed by atoms with E-state index in [1.807, 2.05) is 0 Å². The van der Waals surface area contributed by atoms with Crippen LogP contribution in [0.4, 0.5) is 5.82 Å². The maximum atomic E-state index is 10.5. The molecule has 1 aromatic heterocycles. The second kappa shape index (κ2) is 2.81. The van der Waals surface area contributed by atoms with Crippen LogP contribution >= 0.6 is 0 Å². The zero-order chi connectivity index (χ0) is 8.27. The molecule has 0 atom stereocenters. The van der Waals surface area contributed by atoms with Gasteiger partial charge in [0.25, 0.3) is 0 Å². The minimum atomic E-state index is -0.537. The number of nitrogen functional groups attached to an aromatic ring is 1. The molecule has 0 spiro atoms. The summed E-state index contributed by atoms with van der Waals surface area (Å²) in [5.74, 6) is 1.65. The van der Waals surface area contributed by atoms with Crippen molar-refractivity contribution >= 4 is 17.8 Å². The van der Waals surface area contributed by atoms with Crippen molar-refractivity contribution in [3.8, 4) is 0 Å². The zero-order valence-corrected chi connectivity index (χ0v) is 5.50. The minimum Gasteiger partial charge on any atom is -0.385 e. The van der Waals surface area contributed by atoms with Crippen LogP contribution in [0.1, 0.15) is 5.56 Å². The van der Waals surface area contributed by atoms with Crippen molar-refractivity contribution in [2.45, 2.75) is 0 Å². The molecule has 0 radical (unpaired) electrons. The molecular weight excluding hydrogens is 146 g/mol. The number of hydrogen-bond acceptors (Lipinski definition) is 4. The second-order valence-corrected chi connectivity index (χ2v) is 1.82. The normalized spacial score (nSPS) is 8.73. The molecule has 1 rings (SSSR count). The minimum absolute atomic E-state index is 0.119. The molecule has 0 aromatic carbocycles. The third kappa shape index (κ3) is 1.53. The topological polar surface area (TPSA) is 88.8 Å². The quantitative estimate of drug-likeness (QED) is 0.514. The van der Waals surface area contributed by atoms with Gasteiger partial charge in [-0.1, -0.05) is 0 Å². The van der Waals surface area contributed by atoms with Gasteiger partial charge in [0.2, 0.25) is 0 Å². The van der Waals surface area contributed by atoms with Gasteiger partial charge in [-0.05, 0) is 0 Å². The summed E-state index contributed by atoms with van der Waals surface area (Å²) in [5.41, 5.74) is 5.13. The maximum Gasteiger partial charge on any atom is 0.346 e. The Kier molecular flexibility index (Phi) is 1.85. The molecule has 0 aliphatic carbocycles. The van der Waals surface area contributed by atoms with E-state index < -0.39 is 5.69 Å². The van der Waals surface area contributed by atoms with Crippen LogP contribution in [0.5, 0.6) is 0 Å². The molecule has 0 fully saturated rings. The van der Waals surface area contributed by atoms with Gasteiger partial charge in [-0.15, -0.1) is 0 Å². The van der Waals surface area contributed by atoms with Gasteiger partial charge in [0.05, 0.1) is 0 Å². The van der Waals surface area contributed by atoms with Gasteiger partial charge in [0, 0.05) is 17.8 Å². The molecule has 1 aromatic rings. The van der Waals surface area contributed by atoms with Crippen LogP contribution in [0.15, 0.2) is 11.0 Å². The molecule has 11 heavy (non-hydrogen) atoms. The van der Waals surface area contributed by atoms with E-state index in [0.29, 0.717) is 5.56 Å². The van der Waals surface area contributed by atoms with Crippen molar-refractivity contribution in [1.29, 1.82) is 0 Å². The smallest absolute Gasteiger partial charge is 0.346 e. The number of nitrogens with one attached hydrogen (secondary N) is 1. The van der Waals surface area contributed by atoms with E-state index in [1.54, 1.807) is 0 Å². The number of hydrogen-bond donors (Lipinski definition) is 2. The van der Waals surface area contributed by atoms with Crippen LogP contribution in [0, 0.1) is 0 Å². The van der Waals surface area contributed by atoms with Crippen molar-refractivity contribution in [3.63, 3.8) is 0 Å². The van der Waals surface area contributed by atoms with Gasteiger partial charge in [0.15, 0.2) is 0 Å². The lowest BCUT2D eigenvalue weighted by molar-refractivity contribution is 0.570. The van der Waals surface area contributed by atoms with E-state index in [1.165, 1.54) is 12.1 Å². The fraction of sp³-hybridized carbons (Fsp3) is 0. The molecule has 0 aliphatic heterocycles. The maximum absolute atomic E-state index is 10.5. The largest absolute Gasteiger partial charge is 0.385 e. The molecule has 0 aliphatic rings. The van der Waals surface area contributed by atoms with Crippen LogP contribution in [0.3, 0.4) is 0 Å². The molecule has 3 N–H and O–H groups in total. The Bertz CT molecular complexity index is 362. The lowest BCUT2D eigenvalue weighted by Crippen LogP contribution is -2.12. The Labute approximate surface area is 61.6 Å². The Balaban J connectivity index is 3.30. The predicted octanol–water partition coefficient (Wildman–Crippen LogP) is -0.803. The van der Waals surface area contributed by atoms with Gasteiger partial charge in [0.1, 0.15) is 11.8 Å². The summed E-state index contributed by atoms with van der Waals surface area (Å²) < 4.78 is 0. The number of H-pyrrole nitrogens is 1. The molecule has 0 bridgehead atoms. The number of aromatic amines is 1. The Morgan fingerprint density at radius 2 is 2.45 bits per heavy atom. The lowest BCUT2D eigenvalue weighted by Gasteiger charge is -1.93. The van der Waals surface area contributed by atoms with E-state index in [-0.39, 0.29) is 5.82 Å². The highest BCUT2D eigenvalue weighted by atomic mass is 16.1. The van der Waals surface area contributed by atoms with Crippen LogP contribution < -0.4 is 11.4 Å². The summed E-state index contributed by atoms with van der Waals surface area (Å²) in [6.07, 6.45) is 2.30. The monoisotopic (exact) mass is 151 g/mol.